The van der Waals surface area contributed by atoms with Gasteiger partial charge in [-0.1, -0.05) is 71.4 Å². The van der Waals surface area contributed by atoms with Crippen LogP contribution in [-0.2, 0) is 35.2 Å². The highest BCUT2D eigenvalue weighted by Gasteiger charge is 2.54. The first-order chi connectivity index (χ1) is 25.6. The largest absolute Gasteiger partial charge is 0.481 e. The molecule has 54 heavy (non-hydrogen) atoms. The number of rotatable bonds is 20. The van der Waals surface area contributed by atoms with Crippen LogP contribution in [0.4, 0.5) is 4.39 Å². The third-order valence-electron chi connectivity index (χ3n) is 11.0. The number of aromatic nitrogens is 2. The molecule has 1 saturated carbocycles. The van der Waals surface area contributed by atoms with Crippen molar-refractivity contribution < 1.29 is 43.1 Å². The van der Waals surface area contributed by atoms with E-state index in [0.29, 0.717) is 18.4 Å². The van der Waals surface area contributed by atoms with Gasteiger partial charge in [0.25, 0.3) is 0 Å². The minimum atomic E-state index is -1.24. The summed E-state index contributed by atoms with van der Waals surface area (Å²) in [6.45, 7) is 8.84. The quantitative estimate of drug-likeness (QED) is 0.140. The fraction of sp³-hybridized carbons (Fsp3) is 0.585. The molecule has 1 saturated heterocycles. The molecular formula is C41H53FN4O8. The van der Waals surface area contributed by atoms with Gasteiger partial charge < -0.3 is 15.3 Å². The molecule has 12 nitrogen and oxygen atoms in total. The maximum atomic E-state index is 15.2. The number of halogens is 1. The van der Waals surface area contributed by atoms with Gasteiger partial charge in [0, 0.05) is 56.0 Å². The number of alkyl halides is 1. The molecule has 292 valence electrons. The summed E-state index contributed by atoms with van der Waals surface area (Å²) in [5.41, 5.74) is 0.827. The van der Waals surface area contributed by atoms with Crippen molar-refractivity contribution >= 4 is 40.9 Å². The zero-order valence-corrected chi connectivity index (χ0v) is 31.8. The van der Waals surface area contributed by atoms with Gasteiger partial charge in [-0.15, -0.1) is 0 Å². The number of carboxylic acid groups (broad SMARTS) is 1. The van der Waals surface area contributed by atoms with E-state index in [1.165, 1.54) is 23.5 Å². The zero-order chi connectivity index (χ0) is 39.7. The molecule has 0 spiro atoms. The average molecular weight is 749 g/mol. The van der Waals surface area contributed by atoms with Gasteiger partial charge in [0.2, 0.25) is 17.6 Å². The lowest BCUT2D eigenvalue weighted by Crippen LogP contribution is -2.56. The first-order valence-corrected chi connectivity index (χ1v) is 19.0. The van der Waals surface area contributed by atoms with Gasteiger partial charge >= 0.3 is 5.97 Å². The fourth-order valence-electron chi connectivity index (χ4n) is 7.97. The highest BCUT2D eigenvalue weighted by Crippen LogP contribution is 2.45. The summed E-state index contributed by atoms with van der Waals surface area (Å²) < 4.78 is 15.2. The number of hydrogen-bond acceptors (Lipinski definition) is 9. The molecule has 4 rings (SSSR count). The maximum absolute atomic E-state index is 15.2. The van der Waals surface area contributed by atoms with Crippen molar-refractivity contribution in [3.63, 3.8) is 0 Å². The van der Waals surface area contributed by atoms with Crippen molar-refractivity contribution in [3.8, 4) is 0 Å². The minimum Gasteiger partial charge on any atom is -0.481 e. The highest BCUT2D eigenvalue weighted by molar-refractivity contribution is 6.38. The third kappa shape index (κ3) is 10.3. The van der Waals surface area contributed by atoms with Crippen LogP contribution in [0, 0.1) is 41.4 Å². The molecule has 0 radical (unpaired) electrons. The first kappa shape index (κ1) is 42.1. The molecule has 2 fully saturated rings. The Hall–Kier alpha value is -4.68. The van der Waals surface area contributed by atoms with E-state index in [9.17, 15) is 38.7 Å². The SMILES string of the molecule is CCCC(CC(=O)C1[C@H]2CC[C@H](F)[C@H]2CN1C(=O)[C@@H](NC(=O)[C@H](CC(=O)c1cnccn1)C(C)C)C(C)C)C(=O)C(=O)C[C@@H](Cc1ccccc1)C(=O)O. The van der Waals surface area contributed by atoms with E-state index in [0.717, 1.165) is 0 Å². The fourth-order valence-corrected chi connectivity index (χ4v) is 7.97. The van der Waals surface area contributed by atoms with Gasteiger partial charge in [0.05, 0.1) is 18.2 Å². The molecule has 0 bridgehead atoms. The Morgan fingerprint density at radius 1 is 0.907 bits per heavy atom. The second kappa shape index (κ2) is 19.1. The number of carbonyl (C=O) groups is 7. The monoisotopic (exact) mass is 748 g/mol. The van der Waals surface area contributed by atoms with Crippen molar-refractivity contribution in [2.24, 2.45) is 41.4 Å². The number of amides is 2. The van der Waals surface area contributed by atoms with Gasteiger partial charge in [0.15, 0.2) is 17.3 Å². The van der Waals surface area contributed by atoms with Crippen molar-refractivity contribution in [2.45, 2.75) is 104 Å². The van der Waals surface area contributed by atoms with E-state index in [2.05, 4.69) is 15.3 Å². The zero-order valence-electron chi connectivity index (χ0n) is 31.8. The first-order valence-electron chi connectivity index (χ1n) is 19.0. The number of carboxylic acids is 1. The third-order valence-corrected chi connectivity index (χ3v) is 11.0. The van der Waals surface area contributed by atoms with E-state index in [1.54, 1.807) is 65.0 Å². The average Bonchev–Trinajstić information content (AvgIpc) is 3.71. The van der Waals surface area contributed by atoms with E-state index in [4.69, 9.17) is 0 Å². The van der Waals surface area contributed by atoms with E-state index in [-0.39, 0.29) is 56.0 Å². The van der Waals surface area contributed by atoms with Crippen LogP contribution in [0.2, 0.25) is 0 Å². The number of carbonyl (C=O) groups excluding carboxylic acids is 6. The smallest absolute Gasteiger partial charge is 0.307 e. The van der Waals surface area contributed by atoms with Crippen LogP contribution in [-0.4, -0.2) is 85.7 Å². The summed E-state index contributed by atoms with van der Waals surface area (Å²) in [6.07, 6.45) is 3.18. The van der Waals surface area contributed by atoms with Crippen molar-refractivity contribution in [2.75, 3.05) is 6.54 Å². The Morgan fingerprint density at radius 3 is 2.20 bits per heavy atom. The van der Waals surface area contributed by atoms with Crippen molar-refractivity contribution in [3.05, 3.63) is 60.2 Å². The standard InChI is InChI=1S/C41H53FN4O8/c1-6-10-26(38(50)35(49)19-27(41(53)54)17-25-11-8-7-9-12-25)18-34(48)37-28-13-14-31(42)30(28)22-46(37)40(52)36(24(4)5)45-39(51)29(23(2)3)20-33(47)32-21-43-15-16-44-32/h7-9,11-12,15-16,21,23-24,26-31,36-37H,6,10,13-14,17-20,22H2,1-5H3,(H,45,51)(H,53,54)/t26?,27-,28+,29-,30+,31+,36+,37?/m1/s1. The summed E-state index contributed by atoms with van der Waals surface area (Å²) >= 11 is 0. The number of aliphatic carboxylic acids is 1. The van der Waals surface area contributed by atoms with E-state index < -0.39 is 95.3 Å². The second-order valence-corrected chi connectivity index (χ2v) is 15.5. The van der Waals surface area contributed by atoms with Crippen LogP contribution in [0.25, 0.3) is 0 Å². The summed E-state index contributed by atoms with van der Waals surface area (Å²) in [5.74, 6) is -9.58. The molecule has 1 aliphatic carbocycles. The van der Waals surface area contributed by atoms with Gasteiger partial charge in [-0.25, -0.2) is 9.37 Å². The summed E-state index contributed by atoms with van der Waals surface area (Å²) in [4.78, 5) is 104. The lowest BCUT2D eigenvalue weighted by atomic mass is 9.83. The molecule has 8 atom stereocenters. The van der Waals surface area contributed by atoms with Gasteiger partial charge in [0.1, 0.15) is 17.9 Å². The Kier molecular flexibility index (Phi) is 14.9. The number of nitrogens with zero attached hydrogens (tertiary/aromatic N) is 3. The molecule has 2 unspecified atom stereocenters. The van der Waals surface area contributed by atoms with E-state index >= 15 is 4.39 Å². The number of hydrogen-bond donors (Lipinski definition) is 2. The molecule has 2 heterocycles. The second-order valence-electron chi connectivity index (χ2n) is 15.5. The summed E-state index contributed by atoms with van der Waals surface area (Å²) in [5, 5.41) is 12.7. The number of fused-ring (bicyclic) bond motifs is 1. The Balaban J connectivity index is 1.52. The van der Waals surface area contributed by atoms with E-state index in [1.807, 2.05) is 0 Å². The van der Waals surface area contributed by atoms with Crippen LogP contribution in [0.5, 0.6) is 0 Å². The van der Waals surface area contributed by atoms with Crippen molar-refractivity contribution in [1.82, 2.24) is 20.2 Å². The molecule has 1 aliphatic heterocycles. The predicted octanol–water partition coefficient (Wildman–Crippen LogP) is 4.88. The van der Waals surface area contributed by atoms with Gasteiger partial charge in [-0.2, -0.15) is 0 Å². The van der Waals surface area contributed by atoms with Gasteiger partial charge in [-0.3, -0.25) is 38.5 Å². The summed E-state index contributed by atoms with van der Waals surface area (Å²) in [7, 11) is 0. The molecule has 1 aromatic carbocycles. The number of likely N-dealkylation sites (tertiary alicyclic amines) is 1. The molecule has 2 aromatic rings. The normalized spacial score (nSPS) is 21.6. The lowest BCUT2D eigenvalue weighted by molar-refractivity contribution is -0.147. The Labute approximate surface area is 316 Å². The molecule has 1 aromatic heterocycles. The number of ketones is 4. The summed E-state index contributed by atoms with van der Waals surface area (Å²) in [6, 6.07) is 6.63. The van der Waals surface area contributed by atoms with Gasteiger partial charge in [-0.05, 0) is 49.0 Å². The molecule has 2 aliphatic rings. The predicted molar refractivity (Wildman–Crippen MR) is 197 cm³/mol. The highest BCUT2D eigenvalue weighted by atomic mass is 19.1. The Morgan fingerprint density at radius 2 is 1.61 bits per heavy atom. The van der Waals surface area contributed by atoms with Crippen LogP contribution >= 0.6 is 0 Å². The molecule has 13 heteroatoms. The van der Waals surface area contributed by atoms with Crippen LogP contribution < -0.4 is 5.32 Å². The number of Topliss-reactive ketones (excluding diaryl/α,β-unsaturated/α-hetero) is 4. The Bertz CT molecular complexity index is 1670. The maximum Gasteiger partial charge on any atom is 0.307 e. The molecule has 2 N–H and O–H groups in total. The number of nitrogens with one attached hydrogen (secondary N) is 1. The minimum absolute atomic E-state index is 0.0377. The molecule has 2 amide bonds. The number of benzene rings is 1. The van der Waals surface area contributed by atoms with Crippen molar-refractivity contribution in [1.29, 1.82) is 0 Å². The van der Waals surface area contributed by atoms with Crippen LogP contribution in [0.1, 0.15) is 95.6 Å². The lowest BCUT2D eigenvalue weighted by Gasteiger charge is -2.33. The molecular weight excluding hydrogens is 695 g/mol. The topological polar surface area (TPSA) is 181 Å². The van der Waals surface area contributed by atoms with Crippen LogP contribution in [0.15, 0.2) is 48.9 Å². The van der Waals surface area contributed by atoms with Crippen LogP contribution in [0.3, 0.4) is 0 Å².